The zero-order valence-electron chi connectivity index (χ0n) is 3.59. The maximum Gasteiger partial charge on any atom is 1.00 e. The van der Waals surface area contributed by atoms with Crippen LogP contribution < -0.4 is 18.9 Å². The topological polar surface area (TPSA) is 12.9 Å². The zero-order chi connectivity index (χ0) is 3.54. The molecule has 0 atom stereocenters. The van der Waals surface area contributed by atoms with Gasteiger partial charge in [0.05, 0.1) is 5.51 Å². The molecule has 0 saturated heterocycles. The molecule has 0 bridgehead atoms. The van der Waals surface area contributed by atoms with E-state index in [0.29, 0.717) is 0 Å². The van der Waals surface area contributed by atoms with Crippen LogP contribution in [0.5, 0.6) is 0 Å². The molecular formula is C3H3LiNS+. The average Bonchev–Trinajstić information content (AvgIpc) is 1.76. The Balaban J connectivity index is 0.000000250. The molecule has 0 amide bonds. The van der Waals surface area contributed by atoms with E-state index < -0.39 is 0 Å². The van der Waals surface area contributed by atoms with Crippen molar-refractivity contribution in [3.8, 4) is 0 Å². The smallest absolute Gasteiger partial charge is 0.253 e. The number of rotatable bonds is 0. The summed E-state index contributed by atoms with van der Waals surface area (Å²) in [5.74, 6) is 0. The van der Waals surface area contributed by atoms with Crippen molar-refractivity contribution >= 4 is 11.3 Å². The van der Waals surface area contributed by atoms with Gasteiger partial charge in [-0.25, -0.2) is 0 Å². The van der Waals surface area contributed by atoms with E-state index in [1.807, 2.05) is 5.38 Å². The van der Waals surface area contributed by atoms with Crippen LogP contribution >= 0.6 is 11.3 Å². The Morgan fingerprint density at radius 1 is 1.50 bits per heavy atom. The van der Waals surface area contributed by atoms with Crippen molar-refractivity contribution in [2.45, 2.75) is 0 Å². The summed E-state index contributed by atoms with van der Waals surface area (Å²) >= 11 is 1.60. The van der Waals surface area contributed by atoms with Gasteiger partial charge in [-0.2, -0.15) is 0 Å². The Kier molecular flexibility index (Phi) is 3.55. The summed E-state index contributed by atoms with van der Waals surface area (Å²) < 4.78 is 0. The van der Waals surface area contributed by atoms with Crippen LogP contribution in [0.15, 0.2) is 17.1 Å². The first-order valence-electron chi connectivity index (χ1n) is 1.32. The molecule has 0 fully saturated rings. The molecule has 0 unspecified atom stereocenters. The summed E-state index contributed by atoms with van der Waals surface area (Å²) in [6.45, 7) is 0. The fraction of sp³-hybridized carbons (Fsp3) is 0. The van der Waals surface area contributed by atoms with Crippen LogP contribution in [0.3, 0.4) is 0 Å². The van der Waals surface area contributed by atoms with E-state index >= 15 is 0 Å². The number of nitrogens with zero attached hydrogens (tertiary/aromatic N) is 1. The van der Waals surface area contributed by atoms with Crippen molar-refractivity contribution in [1.29, 1.82) is 0 Å². The molecule has 1 rings (SSSR count). The van der Waals surface area contributed by atoms with Gasteiger partial charge in [0.25, 0.3) is 0 Å². The normalized spacial score (nSPS) is 6.67. The Morgan fingerprint density at radius 3 is 2.50 bits per heavy atom. The summed E-state index contributed by atoms with van der Waals surface area (Å²) in [5.41, 5.74) is 1.79. The minimum Gasteiger partial charge on any atom is -0.253 e. The van der Waals surface area contributed by atoms with E-state index in [2.05, 4.69) is 4.98 Å². The van der Waals surface area contributed by atoms with Crippen molar-refractivity contribution in [1.82, 2.24) is 4.98 Å². The summed E-state index contributed by atoms with van der Waals surface area (Å²) in [6.07, 6.45) is 1.77. The molecule has 6 heavy (non-hydrogen) atoms. The van der Waals surface area contributed by atoms with Crippen LogP contribution in [0.1, 0.15) is 0 Å². The standard InChI is InChI=1S/C3H3NS.Li/c1-2-5-3-4-1;/h1-3H;/q;+1. The molecule has 0 saturated carbocycles. The van der Waals surface area contributed by atoms with Crippen LogP contribution in [0, 0.1) is 0 Å². The molecule has 0 spiro atoms. The Morgan fingerprint density at radius 2 is 2.33 bits per heavy atom. The van der Waals surface area contributed by atoms with Crippen LogP contribution in [0.2, 0.25) is 0 Å². The third kappa shape index (κ3) is 1.61. The van der Waals surface area contributed by atoms with Gasteiger partial charge in [-0.3, -0.25) is 4.98 Å². The molecule has 0 aromatic carbocycles. The quantitative estimate of drug-likeness (QED) is 0.342. The molecule has 3 heteroatoms. The van der Waals surface area contributed by atoms with Gasteiger partial charge in [0.1, 0.15) is 0 Å². The number of hydrogen-bond donors (Lipinski definition) is 0. The minimum atomic E-state index is 0. The van der Waals surface area contributed by atoms with Crippen LogP contribution in [-0.2, 0) is 0 Å². The molecule has 1 aromatic heterocycles. The number of thiazole rings is 1. The largest absolute Gasteiger partial charge is 1.00 e. The van der Waals surface area contributed by atoms with Gasteiger partial charge in [0.2, 0.25) is 0 Å². The van der Waals surface area contributed by atoms with Gasteiger partial charge in [-0.15, -0.1) is 11.3 Å². The van der Waals surface area contributed by atoms with E-state index in [1.165, 1.54) is 0 Å². The van der Waals surface area contributed by atoms with Crippen molar-refractivity contribution in [2.75, 3.05) is 0 Å². The van der Waals surface area contributed by atoms with Gasteiger partial charge in [-0.1, -0.05) is 0 Å². The minimum absolute atomic E-state index is 0. The second kappa shape index (κ2) is 3.42. The Labute approximate surface area is 52.6 Å². The van der Waals surface area contributed by atoms with Crippen LogP contribution in [-0.4, -0.2) is 4.98 Å². The fourth-order valence-corrected chi connectivity index (χ4v) is 0.527. The maximum absolute atomic E-state index is 3.74. The summed E-state index contributed by atoms with van der Waals surface area (Å²) in [5, 5.41) is 1.93. The van der Waals surface area contributed by atoms with Crippen molar-refractivity contribution in [3.63, 3.8) is 0 Å². The SMILES string of the molecule is [Li+].c1cscn1. The third-order valence-corrected chi connectivity index (χ3v) is 0.869. The second-order valence-electron chi connectivity index (χ2n) is 0.676. The van der Waals surface area contributed by atoms with Gasteiger partial charge in [0, 0.05) is 11.6 Å². The molecule has 1 aromatic rings. The van der Waals surface area contributed by atoms with E-state index in [-0.39, 0.29) is 18.9 Å². The summed E-state index contributed by atoms with van der Waals surface area (Å²) in [7, 11) is 0. The Hall–Kier alpha value is 0.227. The van der Waals surface area contributed by atoms with Crippen molar-refractivity contribution < 1.29 is 18.9 Å². The monoisotopic (exact) mass is 92.0 g/mol. The van der Waals surface area contributed by atoms with Crippen LogP contribution in [0.4, 0.5) is 0 Å². The second-order valence-corrected chi connectivity index (χ2v) is 1.43. The van der Waals surface area contributed by atoms with E-state index in [9.17, 15) is 0 Å². The predicted octanol–water partition coefficient (Wildman–Crippen LogP) is -1.85. The number of aromatic nitrogens is 1. The molecule has 0 radical (unpaired) electrons. The zero-order valence-corrected chi connectivity index (χ0v) is 4.40. The van der Waals surface area contributed by atoms with Crippen molar-refractivity contribution in [2.24, 2.45) is 0 Å². The summed E-state index contributed by atoms with van der Waals surface area (Å²) in [6, 6.07) is 0. The van der Waals surface area contributed by atoms with Crippen molar-refractivity contribution in [3.05, 3.63) is 17.1 Å². The molecule has 26 valence electrons. The molecular weight excluding hydrogens is 89.0 g/mol. The van der Waals surface area contributed by atoms with E-state index in [1.54, 1.807) is 23.0 Å². The first-order chi connectivity index (χ1) is 2.50. The van der Waals surface area contributed by atoms with Gasteiger partial charge < -0.3 is 0 Å². The molecule has 0 aliphatic heterocycles. The molecule has 1 heterocycles. The molecule has 0 N–H and O–H groups in total. The summed E-state index contributed by atoms with van der Waals surface area (Å²) in [4.78, 5) is 3.74. The molecule has 0 aliphatic carbocycles. The first-order valence-corrected chi connectivity index (χ1v) is 2.26. The molecule has 0 aliphatic rings. The fourth-order valence-electron chi connectivity index (χ4n) is 0.176. The first kappa shape index (κ1) is 6.23. The van der Waals surface area contributed by atoms with Gasteiger partial charge >= 0.3 is 18.9 Å². The van der Waals surface area contributed by atoms with E-state index in [0.717, 1.165) is 0 Å². The van der Waals surface area contributed by atoms with Gasteiger partial charge in [-0.05, 0) is 0 Å². The third-order valence-electron chi connectivity index (χ3n) is 0.347. The average molecular weight is 92.1 g/mol. The van der Waals surface area contributed by atoms with E-state index in [4.69, 9.17) is 0 Å². The predicted molar refractivity (Wildman–Crippen MR) is 22.1 cm³/mol. The van der Waals surface area contributed by atoms with Gasteiger partial charge in [0.15, 0.2) is 0 Å². The van der Waals surface area contributed by atoms with Crippen LogP contribution in [0.25, 0.3) is 0 Å². The number of hydrogen-bond acceptors (Lipinski definition) is 2. The maximum atomic E-state index is 3.74. The molecule has 1 nitrogen and oxygen atoms in total. The Bertz CT molecular complexity index is 67.3.